The predicted octanol–water partition coefficient (Wildman–Crippen LogP) is 3.98. The maximum Gasteiger partial charge on any atom is 0.416 e. The molecule has 0 saturated heterocycles. The molecule has 0 aliphatic heterocycles. The summed E-state index contributed by atoms with van der Waals surface area (Å²) in [6.07, 6.45) is -2.52. The van der Waals surface area contributed by atoms with Crippen LogP contribution < -0.4 is 5.32 Å². The highest BCUT2D eigenvalue weighted by atomic mass is 32.2. The summed E-state index contributed by atoms with van der Waals surface area (Å²) in [5, 5.41) is 3.17. The normalized spacial score (nSPS) is 13.5. The zero-order chi connectivity index (χ0) is 14.3. The lowest BCUT2D eigenvalue weighted by Crippen LogP contribution is -2.30. The molecule has 1 nitrogen and oxygen atoms in total. The molecule has 1 unspecified atom stereocenters. The third-order valence-corrected chi connectivity index (χ3v) is 4.15. The topological polar surface area (TPSA) is 12.0 Å². The summed E-state index contributed by atoms with van der Waals surface area (Å²) in [4.78, 5) is 0. The summed E-state index contributed by atoms with van der Waals surface area (Å²) in [5.74, 6) is 2.00. The highest BCUT2D eigenvalue weighted by Gasteiger charge is 2.30. The van der Waals surface area contributed by atoms with E-state index in [1.165, 1.54) is 12.1 Å². The van der Waals surface area contributed by atoms with Gasteiger partial charge in [-0.15, -0.1) is 0 Å². The zero-order valence-corrected chi connectivity index (χ0v) is 12.1. The summed E-state index contributed by atoms with van der Waals surface area (Å²) in [7, 11) is 1.85. The Morgan fingerprint density at radius 2 is 2.05 bits per heavy atom. The molecule has 1 aromatic rings. The maximum atomic E-state index is 12.6. The minimum absolute atomic E-state index is 0.208. The Morgan fingerprint density at radius 3 is 2.63 bits per heavy atom. The molecule has 1 aromatic carbocycles. The Hall–Kier alpha value is -0.680. The molecule has 0 spiro atoms. The fourth-order valence-electron chi connectivity index (χ4n) is 1.77. The molecule has 0 aliphatic rings. The van der Waals surface area contributed by atoms with Gasteiger partial charge in [0.25, 0.3) is 0 Å². The lowest BCUT2D eigenvalue weighted by atomic mass is 10.0. The van der Waals surface area contributed by atoms with Crippen LogP contribution in [-0.4, -0.2) is 24.6 Å². The van der Waals surface area contributed by atoms with Gasteiger partial charge >= 0.3 is 6.18 Å². The van der Waals surface area contributed by atoms with E-state index in [1.54, 1.807) is 6.07 Å². The van der Waals surface area contributed by atoms with Crippen molar-refractivity contribution in [3.8, 4) is 0 Å². The molecule has 0 radical (unpaired) electrons. The van der Waals surface area contributed by atoms with Crippen molar-refractivity contribution in [2.75, 3.05) is 18.6 Å². The Balaban J connectivity index is 2.64. The van der Waals surface area contributed by atoms with E-state index in [4.69, 9.17) is 0 Å². The SMILES string of the molecule is CCCSCC(Cc1cccc(C(F)(F)F)c1)NC. The van der Waals surface area contributed by atoms with Gasteiger partial charge in [-0.25, -0.2) is 0 Å². The highest BCUT2D eigenvalue weighted by Crippen LogP contribution is 2.29. The molecular weight excluding hydrogens is 271 g/mol. The number of alkyl halides is 3. The third-order valence-electron chi connectivity index (χ3n) is 2.81. The van der Waals surface area contributed by atoms with E-state index in [-0.39, 0.29) is 6.04 Å². The zero-order valence-electron chi connectivity index (χ0n) is 11.3. The molecule has 0 aliphatic carbocycles. The van der Waals surface area contributed by atoms with E-state index < -0.39 is 11.7 Å². The number of nitrogens with one attached hydrogen (secondary N) is 1. The van der Waals surface area contributed by atoms with Crippen molar-refractivity contribution in [1.29, 1.82) is 0 Å². The van der Waals surface area contributed by atoms with Gasteiger partial charge in [-0.3, -0.25) is 0 Å². The van der Waals surface area contributed by atoms with E-state index in [9.17, 15) is 13.2 Å². The molecule has 5 heteroatoms. The average Bonchev–Trinajstić information content (AvgIpc) is 2.37. The second-order valence-electron chi connectivity index (χ2n) is 4.46. The van der Waals surface area contributed by atoms with Gasteiger partial charge in [-0.1, -0.05) is 25.1 Å². The lowest BCUT2D eigenvalue weighted by molar-refractivity contribution is -0.137. The van der Waals surface area contributed by atoms with Crippen LogP contribution in [0.15, 0.2) is 24.3 Å². The first kappa shape index (κ1) is 16.4. The van der Waals surface area contributed by atoms with Crippen molar-refractivity contribution < 1.29 is 13.2 Å². The fraction of sp³-hybridized carbons (Fsp3) is 0.571. The fourth-order valence-corrected chi connectivity index (χ4v) is 2.80. The number of likely N-dealkylation sites (N-methyl/N-ethyl adjacent to an activating group) is 1. The molecule has 0 amide bonds. The number of benzene rings is 1. The Morgan fingerprint density at radius 1 is 1.32 bits per heavy atom. The van der Waals surface area contributed by atoms with Gasteiger partial charge in [0, 0.05) is 11.8 Å². The molecular formula is C14H20F3NS. The van der Waals surface area contributed by atoms with Crippen LogP contribution in [-0.2, 0) is 12.6 Å². The van der Waals surface area contributed by atoms with E-state index in [2.05, 4.69) is 12.2 Å². The molecule has 0 aromatic heterocycles. The second-order valence-corrected chi connectivity index (χ2v) is 5.61. The molecule has 0 saturated carbocycles. The lowest BCUT2D eigenvalue weighted by Gasteiger charge is -2.16. The van der Waals surface area contributed by atoms with E-state index in [0.29, 0.717) is 6.42 Å². The number of hydrogen-bond acceptors (Lipinski definition) is 2. The van der Waals surface area contributed by atoms with Gasteiger partial charge in [0.2, 0.25) is 0 Å². The molecule has 0 fully saturated rings. The molecule has 19 heavy (non-hydrogen) atoms. The molecule has 0 bridgehead atoms. The summed E-state index contributed by atoms with van der Waals surface area (Å²) >= 11 is 1.83. The Kier molecular flexibility index (Phi) is 6.72. The van der Waals surface area contributed by atoms with Crippen LogP contribution in [0.3, 0.4) is 0 Å². The van der Waals surface area contributed by atoms with E-state index in [1.807, 2.05) is 18.8 Å². The van der Waals surface area contributed by atoms with Gasteiger partial charge in [0.05, 0.1) is 5.56 Å². The van der Waals surface area contributed by atoms with E-state index >= 15 is 0 Å². The van der Waals surface area contributed by atoms with Crippen molar-refractivity contribution >= 4 is 11.8 Å². The molecule has 1 rings (SSSR count). The monoisotopic (exact) mass is 291 g/mol. The van der Waals surface area contributed by atoms with Gasteiger partial charge < -0.3 is 5.32 Å². The van der Waals surface area contributed by atoms with Gasteiger partial charge in [-0.2, -0.15) is 24.9 Å². The first-order valence-corrected chi connectivity index (χ1v) is 7.54. The molecule has 1 atom stereocenters. The third kappa shape index (κ3) is 5.87. The summed E-state index contributed by atoms with van der Waals surface area (Å²) in [6, 6.07) is 5.80. The van der Waals surface area contributed by atoms with Crippen LogP contribution in [0.25, 0.3) is 0 Å². The number of hydrogen-bond donors (Lipinski definition) is 1. The van der Waals surface area contributed by atoms with Crippen molar-refractivity contribution in [2.45, 2.75) is 32.0 Å². The molecule has 1 N–H and O–H groups in total. The van der Waals surface area contributed by atoms with Crippen molar-refractivity contribution in [2.24, 2.45) is 0 Å². The Labute approximate surface area is 117 Å². The summed E-state index contributed by atoms with van der Waals surface area (Å²) in [6.45, 7) is 2.12. The second kappa shape index (κ2) is 7.80. The molecule has 108 valence electrons. The Bertz CT molecular complexity index is 379. The summed E-state index contributed by atoms with van der Waals surface area (Å²) < 4.78 is 37.8. The van der Waals surface area contributed by atoms with Gasteiger partial charge in [0.1, 0.15) is 0 Å². The smallest absolute Gasteiger partial charge is 0.316 e. The number of thioether (sulfide) groups is 1. The maximum absolute atomic E-state index is 12.6. The minimum atomic E-state index is -4.26. The quantitative estimate of drug-likeness (QED) is 0.763. The standard InChI is InChI=1S/C14H20F3NS/c1-3-7-19-10-13(18-2)9-11-5-4-6-12(8-11)14(15,16)17/h4-6,8,13,18H,3,7,9-10H2,1-2H3. The average molecular weight is 291 g/mol. The summed E-state index contributed by atoms with van der Waals surface area (Å²) in [5.41, 5.74) is 0.160. The van der Waals surface area contributed by atoms with Gasteiger partial charge in [0.15, 0.2) is 0 Å². The van der Waals surface area contributed by atoms with Crippen LogP contribution in [0.2, 0.25) is 0 Å². The highest BCUT2D eigenvalue weighted by molar-refractivity contribution is 7.99. The first-order chi connectivity index (χ1) is 8.97. The van der Waals surface area contributed by atoms with Crippen LogP contribution in [0.5, 0.6) is 0 Å². The number of halogens is 3. The minimum Gasteiger partial charge on any atom is -0.316 e. The number of rotatable bonds is 7. The van der Waals surface area contributed by atoms with Crippen molar-refractivity contribution in [1.82, 2.24) is 5.32 Å². The van der Waals surface area contributed by atoms with Crippen molar-refractivity contribution in [3.63, 3.8) is 0 Å². The van der Waals surface area contributed by atoms with Crippen LogP contribution in [0.1, 0.15) is 24.5 Å². The first-order valence-electron chi connectivity index (χ1n) is 6.38. The van der Waals surface area contributed by atoms with E-state index in [0.717, 1.165) is 29.6 Å². The van der Waals surface area contributed by atoms with Crippen LogP contribution in [0, 0.1) is 0 Å². The van der Waals surface area contributed by atoms with Crippen LogP contribution in [0.4, 0.5) is 13.2 Å². The predicted molar refractivity (Wildman–Crippen MR) is 75.6 cm³/mol. The van der Waals surface area contributed by atoms with Crippen LogP contribution >= 0.6 is 11.8 Å². The molecule has 0 heterocycles. The largest absolute Gasteiger partial charge is 0.416 e. The van der Waals surface area contributed by atoms with Crippen molar-refractivity contribution in [3.05, 3.63) is 35.4 Å². The van der Waals surface area contributed by atoms with Gasteiger partial charge in [-0.05, 0) is 37.3 Å².